The highest BCUT2D eigenvalue weighted by Crippen LogP contribution is 2.31. The second-order valence-electron chi connectivity index (χ2n) is 7.54. The Labute approximate surface area is 182 Å². The fourth-order valence-electron chi connectivity index (χ4n) is 3.97. The number of ether oxygens (including phenoxy) is 2. The number of methoxy groups -OCH3 is 2. The number of imidazole rings is 1. The van der Waals surface area contributed by atoms with E-state index in [2.05, 4.69) is 9.97 Å². The van der Waals surface area contributed by atoms with Gasteiger partial charge in [0.15, 0.2) is 11.5 Å². The molecule has 160 valence electrons. The summed E-state index contributed by atoms with van der Waals surface area (Å²) in [5.74, 6) is 2.12. The number of hydrogen-bond acceptors (Lipinski definition) is 4. The Hall–Kier alpha value is -3.54. The number of carbonyl (C=O) groups excluding carboxylic acids is 1. The van der Waals surface area contributed by atoms with Crippen LogP contribution in [0.25, 0.3) is 17.3 Å². The van der Waals surface area contributed by atoms with Crippen molar-refractivity contribution in [3.63, 3.8) is 0 Å². The molecule has 0 aliphatic carbocycles. The van der Waals surface area contributed by atoms with Gasteiger partial charge in [-0.15, -0.1) is 0 Å². The summed E-state index contributed by atoms with van der Waals surface area (Å²) in [5, 5.41) is 0. The minimum absolute atomic E-state index is 0.0165. The van der Waals surface area contributed by atoms with E-state index in [4.69, 9.17) is 9.47 Å². The smallest absolute Gasteiger partial charge is 0.247 e. The van der Waals surface area contributed by atoms with Crippen LogP contribution in [0.4, 0.5) is 0 Å². The van der Waals surface area contributed by atoms with Gasteiger partial charge in [-0.1, -0.05) is 36.4 Å². The fourth-order valence-corrected chi connectivity index (χ4v) is 3.97. The molecular weight excluding hydrogens is 390 g/mol. The number of amides is 1. The molecule has 1 aliphatic heterocycles. The van der Waals surface area contributed by atoms with Gasteiger partial charge in [0.1, 0.15) is 5.82 Å². The molecule has 2 heterocycles. The quantitative estimate of drug-likeness (QED) is 0.582. The lowest BCUT2D eigenvalue weighted by atomic mass is 10.0. The third-order valence-corrected chi connectivity index (χ3v) is 5.61. The van der Waals surface area contributed by atoms with Gasteiger partial charge in [0.2, 0.25) is 5.91 Å². The molecule has 31 heavy (non-hydrogen) atoms. The van der Waals surface area contributed by atoms with E-state index in [1.165, 1.54) is 0 Å². The van der Waals surface area contributed by atoms with Gasteiger partial charge in [-0.2, -0.15) is 0 Å². The molecule has 1 aromatic heterocycles. The van der Waals surface area contributed by atoms with Crippen molar-refractivity contribution in [3.05, 3.63) is 72.2 Å². The van der Waals surface area contributed by atoms with Crippen LogP contribution in [0.1, 0.15) is 36.7 Å². The number of nitrogens with zero attached hydrogens (tertiary/aromatic N) is 2. The molecule has 6 heteroatoms. The van der Waals surface area contributed by atoms with Crippen molar-refractivity contribution in [1.82, 2.24) is 14.9 Å². The van der Waals surface area contributed by atoms with E-state index in [-0.39, 0.29) is 11.9 Å². The molecule has 4 rings (SSSR count). The minimum Gasteiger partial charge on any atom is -0.493 e. The largest absolute Gasteiger partial charge is 0.493 e. The predicted octanol–water partition coefficient (Wildman–Crippen LogP) is 4.86. The molecule has 2 aromatic carbocycles. The van der Waals surface area contributed by atoms with E-state index >= 15 is 0 Å². The zero-order valence-electron chi connectivity index (χ0n) is 17.9. The van der Waals surface area contributed by atoms with Gasteiger partial charge in [0.05, 0.1) is 32.2 Å². The lowest BCUT2D eigenvalue weighted by molar-refractivity contribution is -0.129. The van der Waals surface area contributed by atoms with Crippen LogP contribution in [0.3, 0.4) is 0 Å². The molecule has 6 nitrogen and oxygen atoms in total. The van der Waals surface area contributed by atoms with Crippen LogP contribution in [0, 0.1) is 0 Å². The average Bonchev–Trinajstić information content (AvgIpc) is 3.33. The lowest BCUT2D eigenvalue weighted by Gasteiger charge is -2.33. The molecule has 1 aliphatic rings. The number of hydrogen-bond donors (Lipinski definition) is 1. The maximum atomic E-state index is 13.1. The number of likely N-dealkylation sites (tertiary alicyclic amines) is 1. The van der Waals surface area contributed by atoms with Crippen molar-refractivity contribution in [3.8, 4) is 22.8 Å². The van der Waals surface area contributed by atoms with Crippen molar-refractivity contribution < 1.29 is 14.3 Å². The number of nitrogens with one attached hydrogen (secondary N) is 1. The number of aromatic amines is 1. The minimum atomic E-state index is -0.0474. The number of H-pyrrole nitrogens is 1. The van der Waals surface area contributed by atoms with Crippen LogP contribution in [0.5, 0.6) is 11.5 Å². The predicted molar refractivity (Wildman–Crippen MR) is 121 cm³/mol. The average molecular weight is 418 g/mol. The Balaban J connectivity index is 1.52. The summed E-state index contributed by atoms with van der Waals surface area (Å²) in [6.07, 6.45) is 8.26. The fraction of sp³-hybridized carbons (Fsp3) is 0.280. The summed E-state index contributed by atoms with van der Waals surface area (Å²) in [7, 11) is 3.20. The lowest BCUT2D eigenvalue weighted by Crippen LogP contribution is -2.38. The molecule has 0 spiro atoms. The Morgan fingerprint density at radius 2 is 1.90 bits per heavy atom. The maximum Gasteiger partial charge on any atom is 0.247 e. The van der Waals surface area contributed by atoms with E-state index in [0.717, 1.165) is 48.5 Å². The summed E-state index contributed by atoms with van der Waals surface area (Å²) in [6.45, 7) is 0.723. The van der Waals surface area contributed by atoms with Crippen molar-refractivity contribution in [2.24, 2.45) is 0 Å². The van der Waals surface area contributed by atoms with E-state index in [9.17, 15) is 4.79 Å². The molecular formula is C25H27N3O3. The highest BCUT2D eigenvalue weighted by Gasteiger charge is 2.29. The number of benzene rings is 2. The van der Waals surface area contributed by atoms with Gasteiger partial charge in [0.25, 0.3) is 0 Å². The number of rotatable bonds is 6. The number of carbonyl (C=O) groups is 1. The molecule has 1 saturated heterocycles. The summed E-state index contributed by atoms with van der Waals surface area (Å²) < 4.78 is 10.6. The first kappa shape index (κ1) is 20.7. The zero-order valence-corrected chi connectivity index (χ0v) is 17.9. The Bertz CT molecular complexity index is 1060. The van der Waals surface area contributed by atoms with Gasteiger partial charge in [-0.25, -0.2) is 4.98 Å². The second kappa shape index (κ2) is 9.51. The van der Waals surface area contributed by atoms with Crippen molar-refractivity contribution in [1.29, 1.82) is 0 Å². The Morgan fingerprint density at radius 1 is 1.10 bits per heavy atom. The van der Waals surface area contributed by atoms with Crippen LogP contribution in [-0.2, 0) is 4.79 Å². The van der Waals surface area contributed by atoms with E-state index in [1.807, 2.05) is 65.7 Å². The third-order valence-electron chi connectivity index (χ3n) is 5.61. The molecule has 1 unspecified atom stereocenters. The molecule has 3 aromatic rings. The standard InChI is InChI=1S/C25H27N3O3/c1-30-22-13-11-18(16-23(22)31-2)12-14-24(29)28-15-7-6-10-21(28)25-26-17-20(27-25)19-8-4-3-5-9-19/h3-5,8-9,11-14,16-17,21H,6-7,10,15H2,1-2H3,(H,26,27). The highest BCUT2D eigenvalue weighted by molar-refractivity contribution is 5.92. The summed E-state index contributed by atoms with van der Waals surface area (Å²) in [5.41, 5.74) is 2.93. The van der Waals surface area contributed by atoms with E-state index in [1.54, 1.807) is 20.3 Å². The molecule has 1 atom stereocenters. The summed E-state index contributed by atoms with van der Waals surface area (Å²) in [4.78, 5) is 23.0. The number of piperidine rings is 1. The van der Waals surface area contributed by atoms with Crippen LogP contribution < -0.4 is 9.47 Å². The molecule has 0 radical (unpaired) electrons. The molecule has 1 fully saturated rings. The van der Waals surface area contributed by atoms with Crippen LogP contribution in [-0.4, -0.2) is 41.5 Å². The monoisotopic (exact) mass is 417 g/mol. The van der Waals surface area contributed by atoms with Crippen molar-refractivity contribution in [2.75, 3.05) is 20.8 Å². The Kier molecular flexibility index (Phi) is 6.36. The first-order chi connectivity index (χ1) is 15.2. The first-order valence-corrected chi connectivity index (χ1v) is 10.5. The van der Waals surface area contributed by atoms with Gasteiger partial charge in [-0.05, 0) is 48.6 Å². The third kappa shape index (κ3) is 4.63. The topological polar surface area (TPSA) is 67.5 Å². The molecule has 1 N–H and O–H groups in total. The van der Waals surface area contributed by atoms with Gasteiger partial charge in [-0.3, -0.25) is 4.79 Å². The normalized spacial score (nSPS) is 16.5. The molecule has 0 saturated carbocycles. The SMILES string of the molecule is COc1ccc(C=CC(=O)N2CCCCC2c2ncc(-c3ccccc3)[nH]2)cc1OC. The van der Waals surface area contributed by atoms with E-state index in [0.29, 0.717) is 11.5 Å². The van der Waals surface area contributed by atoms with Crippen LogP contribution in [0.15, 0.2) is 60.8 Å². The van der Waals surface area contributed by atoms with Gasteiger partial charge in [0, 0.05) is 12.6 Å². The molecule has 1 amide bonds. The second-order valence-corrected chi connectivity index (χ2v) is 7.54. The highest BCUT2D eigenvalue weighted by atomic mass is 16.5. The van der Waals surface area contributed by atoms with Crippen LogP contribution >= 0.6 is 0 Å². The summed E-state index contributed by atoms with van der Waals surface area (Å²) >= 11 is 0. The summed E-state index contributed by atoms with van der Waals surface area (Å²) in [6, 6.07) is 15.6. The van der Waals surface area contributed by atoms with Gasteiger partial charge >= 0.3 is 0 Å². The Morgan fingerprint density at radius 3 is 2.68 bits per heavy atom. The van der Waals surface area contributed by atoms with Crippen molar-refractivity contribution >= 4 is 12.0 Å². The van der Waals surface area contributed by atoms with Gasteiger partial charge < -0.3 is 19.4 Å². The van der Waals surface area contributed by atoms with Crippen LogP contribution in [0.2, 0.25) is 0 Å². The van der Waals surface area contributed by atoms with E-state index < -0.39 is 0 Å². The first-order valence-electron chi connectivity index (χ1n) is 10.5. The molecule has 0 bridgehead atoms. The number of aromatic nitrogens is 2. The zero-order chi connectivity index (χ0) is 21.6. The van der Waals surface area contributed by atoms with Crippen molar-refractivity contribution in [2.45, 2.75) is 25.3 Å². The maximum absolute atomic E-state index is 13.1.